The molecule has 0 aliphatic rings. The smallest absolute Gasteiger partial charge is 0.106 e. The molecule has 2 nitrogen and oxygen atoms in total. The molecule has 1 unspecified atom stereocenters. The summed E-state index contributed by atoms with van der Waals surface area (Å²) in [5, 5.41) is 12.3. The van der Waals surface area contributed by atoms with Gasteiger partial charge >= 0.3 is 0 Å². The van der Waals surface area contributed by atoms with E-state index >= 15 is 0 Å². The topological polar surface area (TPSA) is 36.0 Å². The Morgan fingerprint density at radius 3 is 2.14 bits per heavy atom. The first-order valence-corrected chi connectivity index (χ1v) is 7.76. The molecule has 0 bridgehead atoms. The second-order valence-corrected chi connectivity index (χ2v) is 6.13. The quantitative estimate of drug-likeness (QED) is 0.621. The summed E-state index contributed by atoms with van der Waals surface area (Å²) in [6, 6.07) is 12.4. The van der Waals surface area contributed by atoms with E-state index in [1.807, 2.05) is 0 Å². The molecule has 3 rings (SSSR count). The number of benzene rings is 2. The number of aromatic amines is 1. The number of halogens is 3. The van der Waals surface area contributed by atoms with E-state index in [1.165, 1.54) is 0 Å². The van der Waals surface area contributed by atoms with Crippen LogP contribution in [0.5, 0.6) is 0 Å². The number of hydrogen-bond donors (Lipinski definition) is 2. The highest BCUT2D eigenvalue weighted by Crippen LogP contribution is 2.39. The van der Waals surface area contributed by atoms with Gasteiger partial charge in [0.25, 0.3) is 0 Å². The average Bonchev–Trinajstić information content (AvgIpc) is 2.96. The summed E-state index contributed by atoms with van der Waals surface area (Å²) in [5.74, 6) is 0. The second-order valence-electron chi connectivity index (χ2n) is 4.88. The summed E-state index contributed by atoms with van der Waals surface area (Å²) >= 11 is 18.4. The molecule has 22 heavy (non-hydrogen) atoms. The molecule has 3 aromatic rings. The van der Waals surface area contributed by atoms with Gasteiger partial charge < -0.3 is 10.1 Å². The monoisotopic (exact) mass is 351 g/mol. The van der Waals surface area contributed by atoms with Crippen LogP contribution in [0.4, 0.5) is 0 Å². The van der Waals surface area contributed by atoms with Crippen molar-refractivity contribution in [1.82, 2.24) is 4.98 Å². The summed E-state index contributed by atoms with van der Waals surface area (Å²) in [4.78, 5) is 3.01. The summed E-state index contributed by atoms with van der Waals surface area (Å²) in [6.45, 7) is 0. The minimum atomic E-state index is -0.800. The number of nitrogens with one attached hydrogen (secondary N) is 1. The molecule has 5 heteroatoms. The Morgan fingerprint density at radius 1 is 0.864 bits per heavy atom. The van der Waals surface area contributed by atoms with Crippen molar-refractivity contribution in [2.24, 2.45) is 0 Å². The Balaban J connectivity index is 2.07. The van der Waals surface area contributed by atoms with Crippen molar-refractivity contribution < 1.29 is 5.11 Å². The van der Waals surface area contributed by atoms with Crippen molar-refractivity contribution in [3.8, 4) is 11.1 Å². The van der Waals surface area contributed by atoms with Crippen LogP contribution in [-0.2, 0) is 0 Å². The van der Waals surface area contributed by atoms with Gasteiger partial charge in [0.15, 0.2) is 0 Å². The van der Waals surface area contributed by atoms with E-state index in [-0.39, 0.29) is 0 Å². The summed E-state index contributed by atoms with van der Waals surface area (Å²) < 4.78 is 0. The minimum absolute atomic E-state index is 0.539. The third-order valence-electron chi connectivity index (χ3n) is 3.49. The van der Waals surface area contributed by atoms with Crippen LogP contribution in [0.25, 0.3) is 11.1 Å². The number of rotatable bonds is 3. The molecule has 1 atom stereocenters. The molecule has 0 aliphatic heterocycles. The van der Waals surface area contributed by atoms with Crippen LogP contribution < -0.4 is 0 Å². The van der Waals surface area contributed by atoms with E-state index in [4.69, 9.17) is 34.8 Å². The lowest BCUT2D eigenvalue weighted by Gasteiger charge is -2.14. The van der Waals surface area contributed by atoms with Gasteiger partial charge in [-0.05, 0) is 29.8 Å². The van der Waals surface area contributed by atoms with Crippen molar-refractivity contribution in [3.63, 3.8) is 0 Å². The largest absolute Gasteiger partial charge is 0.384 e. The third kappa shape index (κ3) is 2.88. The zero-order valence-electron chi connectivity index (χ0n) is 11.4. The predicted octanol–water partition coefficient (Wildman–Crippen LogP) is 5.72. The van der Waals surface area contributed by atoms with E-state index in [1.54, 1.807) is 54.9 Å². The Morgan fingerprint density at radius 2 is 1.50 bits per heavy atom. The summed E-state index contributed by atoms with van der Waals surface area (Å²) in [7, 11) is 0. The molecule has 0 fully saturated rings. The zero-order chi connectivity index (χ0) is 15.7. The Bertz CT molecular complexity index is 776. The van der Waals surface area contributed by atoms with Gasteiger partial charge in [0.2, 0.25) is 0 Å². The van der Waals surface area contributed by atoms with Gasteiger partial charge in [-0.2, -0.15) is 0 Å². The highest BCUT2D eigenvalue weighted by molar-refractivity contribution is 6.39. The summed E-state index contributed by atoms with van der Waals surface area (Å²) in [5.41, 5.74) is 2.93. The predicted molar refractivity (Wildman–Crippen MR) is 91.8 cm³/mol. The number of aromatic nitrogens is 1. The maximum Gasteiger partial charge on any atom is 0.106 e. The molecular formula is C17H12Cl3NO. The molecule has 1 aromatic heterocycles. The molecule has 0 amide bonds. The van der Waals surface area contributed by atoms with Gasteiger partial charge in [-0.3, -0.25) is 0 Å². The fourth-order valence-electron chi connectivity index (χ4n) is 2.40. The molecule has 112 valence electrons. The Labute approximate surface area is 143 Å². The van der Waals surface area contributed by atoms with Gasteiger partial charge in [0.1, 0.15) is 6.10 Å². The Hall–Kier alpha value is -1.45. The van der Waals surface area contributed by atoms with Crippen molar-refractivity contribution in [3.05, 3.63) is 81.1 Å². The molecule has 0 spiro atoms. The van der Waals surface area contributed by atoms with Crippen molar-refractivity contribution in [2.75, 3.05) is 0 Å². The van der Waals surface area contributed by atoms with Crippen molar-refractivity contribution in [2.45, 2.75) is 6.10 Å². The number of H-pyrrole nitrogens is 1. The van der Waals surface area contributed by atoms with Crippen LogP contribution in [0.2, 0.25) is 15.1 Å². The minimum Gasteiger partial charge on any atom is -0.384 e. The molecule has 0 saturated carbocycles. The SMILES string of the molecule is OC(c1ccc(Cl)cc1)c1c[nH]cc1-c1c(Cl)cccc1Cl. The standard InChI is InChI=1S/C17H12Cl3NO/c18-11-6-4-10(5-7-11)17(22)13-9-21-8-12(13)16-14(19)2-1-3-15(16)20/h1-9,17,21-22H. The van der Waals surface area contributed by atoms with Crippen LogP contribution in [0, 0.1) is 0 Å². The van der Waals surface area contributed by atoms with Crippen molar-refractivity contribution in [1.29, 1.82) is 0 Å². The van der Waals surface area contributed by atoms with E-state index in [9.17, 15) is 5.11 Å². The highest BCUT2D eigenvalue weighted by Gasteiger charge is 2.19. The maximum atomic E-state index is 10.6. The number of aliphatic hydroxyl groups is 1. The third-order valence-corrected chi connectivity index (χ3v) is 4.37. The molecule has 1 heterocycles. The van der Waals surface area contributed by atoms with Gasteiger partial charge in [-0.1, -0.05) is 53.0 Å². The molecule has 0 saturated heterocycles. The first-order chi connectivity index (χ1) is 10.6. The van der Waals surface area contributed by atoms with E-state index in [2.05, 4.69) is 4.98 Å². The lowest BCUT2D eigenvalue weighted by molar-refractivity contribution is 0.221. The van der Waals surface area contributed by atoms with Gasteiger partial charge in [-0.25, -0.2) is 0 Å². The second kappa shape index (κ2) is 6.35. The average molecular weight is 353 g/mol. The van der Waals surface area contributed by atoms with E-state index < -0.39 is 6.10 Å². The normalized spacial score (nSPS) is 12.4. The van der Waals surface area contributed by atoms with Crippen LogP contribution in [0.1, 0.15) is 17.2 Å². The maximum absolute atomic E-state index is 10.6. The molecule has 0 aliphatic carbocycles. The van der Waals surface area contributed by atoms with Crippen LogP contribution in [-0.4, -0.2) is 10.1 Å². The summed E-state index contributed by atoms with van der Waals surface area (Å²) in [6.07, 6.45) is 2.72. The fourth-order valence-corrected chi connectivity index (χ4v) is 3.13. The zero-order valence-corrected chi connectivity index (χ0v) is 13.6. The van der Waals surface area contributed by atoms with Crippen LogP contribution in [0.15, 0.2) is 54.9 Å². The van der Waals surface area contributed by atoms with Crippen LogP contribution in [0.3, 0.4) is 0 Å². The lowest BCUT2D eigenvalue weighted by atomic mass is 9.96. The lowest BCUT2D eigenvalue weighted by Crippen LogP contribution is -2.00. The highest BCUT2D eigenvalue weighted by atomic mass is 35.5. The molecule has 2 aromatic carbocycles. The molecule has 0 radical (unpaired) electrons. The van der Waals surface area contributed by atoms with Crippen molar-refractivity contribution >= 4 is 34.8 Å². The first kappa shape index (κ1) is 15.4. The van der Waals surface area contributed by atoms with Gasteiger partial charge in [0.05, 0.1) is 0 Å². The van der Waals surface area contributed by atoms with Gasteiger partial charge in [-0.15, -0.1) is 0 Å². The molecule has 2 N–H and O–H groups in total. The fraction of sp³-hybridized carbons (Fsp3) is 0.0588. The van der Waals surface area contributed by atoms with Gasteiger partial charge in [0, 0.05) is 44.2 Å². The van der Waals surface area contributed by atoms with E-state index in [0.717, 1.165) is 11.1 Å². The Kier molecular flexibility index (Phi) is 4.46. The molecular weight excluding hydrogens is 341 g/mol. The van der Waals surface area contributed by atoms with E-state index in [0.29, 0.717) is 26.2 Å². The first-order valence-electron chi connectivity index (χ1n) is 6.62. The number of aliphatic hydroxyl groups excluding tert-OH is 1. The number of hydrogen-bond acceptors (Lipinski definition) is 1. The van der Waals surface area contributed by atoms with Crippen LogP contribution >= 0.6 is 34.8 Å².